The normalized spacial score (nSPS) is 17.4. The van der Waals surface area contributed by atoms with Crippen LogP contribution in [0.5, 0.6) is 0 Å². The number of carbonyl (C=O) groups excluding carboxylic acids is 1. The molecule has 0 aliphatic rings. The largest absolute Gasteiger partial charge is 0.298 e. The summed E-state index contributed by atoms with van der Waals surface area (Å²) in [6, 6.07) is 0. The monoisotopic (exact) mass is 218 g/mol. The molecule has 3 atom stereocenters. The number of rotatable bonds is 7. The third-order valence-electron chi connectivity index (χ3n) is 2.63. The maximum atomic E-state index is 11.5. The van der Waals surface area contributed by atoms with E-state index in [1.165, 1.54) is 0 Å². The van der Waals surface area contributed by atoms with Crippen LogP contribution in [0.1, 0.15) is 40.5 Å². The van der Waals surface area contributed by atoms with Crippen molar-refractivity contribution in [2.24, 2.45) is 11.8 Å². The molecule has 0 saturated carbocycles. The highest BCUT2D eigenvalue weighted by Crippen LogP contribution is 2.07. The van der Waals surface area contributed by atoms with Gasteiger partial charge in [0.1, 0.15) is 5.78 Å². The molecule has 0 heterocycles. The van der Waals surface area contributed by atoms with Crippen molar-refractivity contribution in [1.29, 1.82) is 0 Å². The first-order chi connectivity index (χ1) is 6.51. The average Bonchev–Trinajstić information content (AvgIpc) is 2.15. The van der Waals surface area contributed by atoms with Gasteiger partial charge in [-0.2, -0.15) is 0 Å². The van der Waals surface area contributed by atoms with E-state index < -0.39 is 10.8 Å². The van der Waals surface area contributed by atoms with Crippen molar-refractivity contribution in [3.05, 3.63) is 0 Å². The molecule has 0 bridgehead atoms. The molecule has 0 rings (SSSR count). The van der Waals surface area contributed by atoms with Crippen molar-refractivity contribution in [2.45, 2.75) is 40.5 Å². The lowest BCUT2D eigenvalue weighted by Gasteiger charge is -2.09. The number of hydrogen-bond donors (Lipinski definition) is 0. The van der Waals surface area contributed by atoms with Crippen LogP contribution in [0.25, 0.3) is 0 Å². The Bertz CT molecular complexity index is 201. The molecule has 14 heavy (non-hydrogen) atoms. The highest BCUT2D eigenvalue weighted by atomic mass is 32.2. The van der Waals surface area contributed by atoms with E-state index >= 15 is 0 Å². The fourth-order valence-electron chi connectivity index (χ4n) is 1.02. The second-order valence-electron chi connectivity index (χ2n) is 4.04. The first-order valence-corrected chi connectivity index (χ1v) is 6.87. The highest BCUT2D eigenvalue weighted by Gasteiger charge is 2.15. The Hall–Kier alpha value is -0.180. The molecule has 0 aliphatic carbocycles. The molecule has 3 unspecified atom stereocenters. The molecule has 2 nitrogen and oxygen atoms in total. The van der Waals surface area contributed by atoms with Crippen LogP contribution in [0.2, 0.25) is 0 Å². The fourth-order valence-corrected chi connectivity index (χ4v) is 2.61. The summed E-state index contributed by atoms with van der Waals surface area (Å²) in [4.78, 5) is 11.5. The molecule has 0 aliphatic heterocycles. The van der Waals surface area contributed by atoms with Crippen molar-refractivity contribution in [3.63, 3.8) is 0 Å². The predicted molar refractivity (Wildman–Crippen MR) is 61.8 cm³/mol. The Labute approximate surface area is 89.9 Å². The molecule has 0 aromatic rings. The van der Waals surface area contributed by atoms with E-state index in [9.17, 15) is 9.00 Å². The Kier molecular flexibility index (Phi) is 7.06. The maximum Gasteiger partial charge on any atom is 0.148 e. The first-order valence-electron chi connectivity index (χ1n) is 5.38. The zero-order valence-corrected chi connectivity index (χ0v) is 10.5. The SMILES string of the molecule is CCC(C)CS(=O)CC(=O)C(C)CC. The Morgan fingerprint density at radius 2 is 1.79 bits per heavy atom. The zero-order chi connectivity index (χ0) is 11.1. The summed E-state index contributed by atoms with van der Waals surface area (Å²) in [5, 5.41) is 0. The lowest BCUT2D eigenvalue weighted by atomic mass is 10.1. The number of hydrogen-bond acceptors (Lipinski definition) is 2. The van der Waals surface area contributed by atoms with Crippen LogP contribution in [-0.2, 0) is 15.6 Å². The maximum absolute atomic E-state index is 11.5. The van der Waals surface area contributed by atoms with Crippen LogP contribution in [0.4, 0.5) is 0 Å². The topological polar surface area (TPSA) is 34.1 Å². The van der Waals surface area contributed by atoms with Gasteiger partial charge in [-0.25, -0.2) is 0 Å². The number of ketones is 1. The van der Waals surface area contributed by atoms with E-state index in [0.29, 0.717) is 11.7 Å². The van der Waals surface area contributed by atoms with Gasteiger partial charge < -0.3 is 0 Å². The van der Waals surface area contributed by atoms with Crippen LogP contribution in [0, 0.1) is 11.8 Å². The van der Waals surface area contributed by atoms with Crippen LogP contribution in [0.15, 0.2) is 0 Å². The predicted octanol–water partition coefficient (Wildman–Crippen LogP) is 2.40. The summed E-state index contributed by atoms with van der Waals surface area (Å²) in [6.45, 7) is 8.05. The van der Waals surface area contributed by atoms with E-state index in [2.05, 4.69) is 13.8 Å². The standard InChI is InChI=1S/C11H22O2S/c1-5-9(3)7-14(13)8-11(12)10(4)6-2/h9-10H,5-8H2,1-4H3. The Balaban J connectivity index is 3.88. The number of Topliss-reactive ketones (excluding diaryl/α,β-unsaturated/α-hetero) is 1. The summed E-state index contributed by atoms with van der Waals surface area (Å²) in [5.74, 6) is 1.59. The minimum absolute atomic E-state index is 0.0656. The van der Waals surface area contributed by atoms with Gasteiger partial charge in [0, 0.05) is 22.5 Å². The molecule has 0 aromatic carbocycles. The molecule has 0 saturated heterocycles. The molecular formula is C11H22O2S. The molecule has 0 fully saturated rings. The lowest BCUT2D eigenvalue weighted by Crippen LogP contribution is -2.21. The van der Waals surface area contributed by atoms with Gasteiger partial charge in [0.2, 0.25) is 0 Å². The van der Waals surface area contributed by atoms with Crippen LogP contribution >= 0.6 is 0 Å². The van der Waals surface area contributed by atoms with E-state index in [-0.39, 0.29) is 17.5 Å². The average molecular weight is 218 g/mol. The Morgan fingerprint density at radius 1 is 1.21 bits per heavy atom. The van der Waals surface area contributed by atoms with Crippen molar-refractivity contribution in [3.8, 4) is 0 Å². The summed E-state index contributed by atoms with van der Waals surface area (Å²) >= 11 is 0. The fraction of sp³-hybridized carbons (Fsp3) is 0.909. The highest BCUT2D eigenvalue weighted by molar-refractivity contribution is 7.85. The molecule has 0 radical (unpaired) electrons. The van der Waals surface area contributed by atoms with Gasteiger partial charge >= 0.3 is 0 Å². The van der Waals surface area contributed by atoms with Crippen LogP contribution in [-0.4, -0.2) is 21.5 Å². The van der Waals surface area contributed by atoms with Crippen molar-refractivity contribution in [1.82, 2.24) is 0 Å². The first kappa shape index (κ1) is 13.8. The van der Waals surface area contributed by atoms with Crippen molar-refractivity contribution < 1.29 is 9.00 Å². The molecule has 84 valence electrons. The van der Waals surface area contributed by atoms with Gasteiger partial charge in [0.25, 0.3) is 0 Å². The van der Waals surface area contributed by atoms with E-state index in [1.807, 2.05) is 13.8 Å². The summed E-state index contributed by atoms with van der Waals surface area (Å²) < 4.78 is 11.5. The Morgan fingerprint density at radius 3 is 2.21 bits per heavy atom. The quantitative estimate of drug-likeness (QED) is 0.657. The van der Waals surface area contributed by atoms with Crippen molar-refractivity contribution in [2.75, 3.05) is 11.5 Å². The minimum Gasteiger partial charge on any atom is -0.298 e. The van der Waals surface area contributed by atoms with Gasteiger partial charge in [-0.05, 0) is 12.3 Å². The van der Waals surface area contributed by atoms with Gasteiger partial charge in [-0.1, -0.05) is 34.1 Å². The van der Waals surface area contributed by atoms with Gasteiger partial charge in [0.15, 0.2) is 0 Å². The van der Waals surface area contributed by atoms with Gasteiger partial charge in [-0.3, -0.25) is 9.00 Å². The van der Waals surface area contributed by atoms with Gasteiger partial charge in [-0.15, -0.1) is 0 Å². The molecule has 3 heteroatoms. The summed E-state index contributed by atoms with van der Waals surface area (Å²) in [5.41, 5.74) is 0. The molecule has 0 aromatic heterocycles. The van der Waals surface area contributed by atoms with E-state index in [1.54, 1.807) is 0 Å². The van der Waals surface area contributed by atoms with E-state index in [0.717, 1.165) is 12.8 Å². The molecule has 0 spiro atoms. The zero-order valence-electron chi connectivity index (χ0n) is 9.71. The second kappa shape index (κ2) is 7.16. The second-order valence-corrected chi connectivity index (χ2v) is 5.54. The van der Waals surface area contributed by atoms with Crippen LogP contribution in [0.3, 0.4) is 0 Å². The smallest absolute Gasteiger partial charge is 0.148 e. The third kappa shape index (κ3) is 5.53. The third-order valence-corrected chi connectivity index (χ3v) is 4.18. The van der Waals surface area contributed by atoms with Gasteiger partial charge in [0.05, 0.1) is 5.75 Å². The van der Waals surface area contributed by atoms with Crippen molar-refractivity contribution >= 4 is 16.6 Å². The van der Waals surface area contributed by atoms with E-state index in [4.69, 9.17) is 0 Å². The molecule has 0 N–H and O–H groups in total. The summed E-state index contributed by atoms with van der Waals surface area (Å²) in [7, 11) is -0.952. The van der Waals surface area contributed by atoms with Crippen LogP contribution < -0.4 is 0 Å². The minimum atomic E-state index is -0.952. The lowest BCUT2D eigenvalue weighted by molar-refractivity contribution is -0.119. The molecular weight excluding hydrogens is 196 g/mol. The summed E-state index contributed by atoms with van der Waals surface area (Å²) in [6.07, 6.45) is 1.88. The number of carbonyl (C=O) groups is 1. The molecule has 0 amide bonds.